The van der Waals surface area contributed by atoms with Gasteiger partial charge < -0.3 is 19.8 Å². The van der Waals surface area contributed by atoms with Crippen LogP contribution in [-0.2, 0) is 4.74 Å². The van der Waals surface area contributed by atoms with E-state index in [0.717, 1.165) is 77.1 Å². The van der Waals surface area contributed by atoms with Crippen LogP contribution in [0.4, 0.5) is 0 Å². The molecule has 2 aliphatic carbocycles. The van der Waals surface area contributed by atoms with Crippen LogP contribution in [0.15, 0.2) is 0 Å². The zero-order chi connectivity index (χ0) is 15.8. The lowest BCUT2D eigenvalue weighted by Gasteiger charge is -2.57. The van der Waals surface area contributed by atoms with E-state index in [0.29, 0.717) is 0 Å². The molecule has 1 saturated heterocycles. The summed E-state index contributed by atoms with van der Waals surface area (Å²) in [4.78, 5) is 2.41. The standard InChI is InChI=1S/C18H33NO3/c1-3-22-16-12-15(20)18(16)8-10-19(11-9-18)13-17(21)6-4-14(2)5-7-17/h14-16,20-21H,3-13H2,1-2H3/t14?,15-,16-,17?/m0/s1. The first-order valence-corrected chi connectivity index (χ1v) is 9.22. The highest BCUT2D eigenvalue weighted by Gasteiger charge is 2.56. The first-order chi connectivity index (χ1) is 10.5. The normalized spacial score (nSPS) is 42.3. The van der Waals surface area contributed by atoms with Crippen molar-refractivity contribution in [3.05, 3.63) is 0 Å². The summed E-state index contributed by atoms with van der Waals surface area (Å²) in [6, 6.07) is 0. The molecule has 3 rings (SSSR count). The van der Waals surface area contributed by atoms with E-state index in [1.807, 2.05) is 6.92 Å². The van der Waals surface area contributed by atoms with Gasteiger partial charge in [-0.25, -0.2) is 0 Å². The Morgan fingerprint density at radius 2 is 1.77 bits per heavy atom. The molecule has 0 bridgehead atoms. The minimum atomic E-state index is -0.478. The molecule has 3 aliphatic rings. The van der Waals surface area contributed by atoms with Gasteiger partial charge in [-0.15, -0.1) is 0 Å². The van der Waals surface area contributed by atoms with Gasteiger partial charge in [-0.2, -0.15) is 0 Å². The number of aliphatic hydroxyl groups is 2. The Morgan fingerprint density at radius 1 is 1.14 bits per heavy atom. The molecule has 128 valence electrons. The average molecular weight is 311 g/mol. The lowest BCUT2D eigenvalue weighted by atomic mass is 9.58. The van der Waals surface area contributed by atoms with Crippen molar-refractivity contribution < 1.29 is 14.9 Å². The zero-order valence-electron chi connectivity index (χ0n) is 14.3. The average Bonchev–Trinajstić information content (AvgIpc) is 2.51. The first-order valence-electron chi connectivity index (χ1n) is 9.22. The fourth-order valence-electron chi connectivity index (χ4n) is 4.82. The van der Waals surface area contributed by atoms with Crippen molar-refractivity contribution in [3.8, 4) is 0 Å². The van der Waals surface area contributed by atoms with Crippen LogP contribution in [0.2, 0.25) is 0 Å². The quantitative estimate of drug-likeness (QED) is 0.835. The van der Waals surface area contributed by atoms with Crippen molar-refractivity contribution >= 4 is 0 Å². The number of aliphatic hydroxyl groups excluding tert-OH is 1. The fraction of sp³-hybridized carbons (Fsp3) is 1.00. The highest BCUT2D eigenvalue weighted by atomic mass is 16.5. The molecule has 4 heteroatoms. The van der Waals surface area contributed by atoms with E-state index >= 15 is 0 Å². The van der Waals surface area contributed by atoms with Crippen LogP contribution in [0.25, 0.3) is 0 Å². The highest BCUT2D eigenvalue weighted by Crippen LogP contribution is 2.51. The summed E-state index contributed by atoms with van der Waals surface area (Å²) in [6.07, 6.45) is 7.06. The van der Waals surface area contributed by atoms with Crippen LogP contribution in [0.5, 0.6) is 0 Å². The molecule has 2 atom stereocenters. The number of nitrogens with zero attached hydrogens (tertiary/aromatic N) is 1. The summed E-state index contributed by atoms with van der Waals surface area (Å²) in [5.41, 5.74) is -0.481. The third-order valence-electron chi connectivity index (χ3n) is 6.62. The molecule has 2 saturated carbocycles. The van der Waals surface area contributed by atoms with E-state index in [-0.39, 0.29) is 17.6 Å². The van der Waals surface area contributed by atoms with Crippen molar-refractivity contribution in [1.82, 2.24) is 4.90 Å². The van der Waals surface area contributed by atoms with E-state index in [1.165, 1.54) is 0 Å². The molecule has 2 N–H and O–H groups in total. The maximum atomic E-state index is 10.8. The highest BCUT2D eigenvalue weighted by molar-refractivity contribution is 5.07. The van der Waals surface area contributed by atoms with Gasteiger partial charge in [-0.1, -0.05) is 6.92 Å². The largest absolute Gasteiger partial charge is 0.392 e. The number of β-amino-alcohol motifs (C(OH)–C–C–N with tert-alkyl or cyclic N) is 1. The minimum Gasteiger partial charge on any atom is -0.392 e. The van der Waals surface area contributed by atoms with Gasteiger partial charge in [0, 0.05) is 25.0 Å². The van der Waals surface area contributed by atoms with Crippen molar-refractivity contribution in [2.45, 2.75) is 76.6 Å². The molecule has 3 fully saturated rings. The SMILES string of the molecule is CCO[C@H]1C[C@H](O)C12CCN(CC1(O)CCC(C)CC1)CC2. The smallest absolute Gasteiger partial charge is 0.0774 e. The third-order valence-corrected chi connectivity index (χ3v) is 6.62. The minimum absolute atomic E-state index is 0.00376. The molecule has 0 amide bonds. The van der Waals surface area contributed by atoms with Gasteiger partial charge in [0.25, 0.3) is 0 Å². The predicted octanol–water partition coefficient (Wildman–Crippen LogP) is 2.18. The van der Waals surface area contributed by atoms with E-state index < -0.39 is 5.60 Å². The second kappa shape index (κ2) is 6.39. The summed E-state index contributed by atoms with van der Waals surface area (Å²) in [5, 5.41) is 21.1. The lowest BCUT2D eigenvalue weighted by Crippen LogP contribution is -2.63. The van der Waals surface area contributed by atoms with E-state index in [1.54, 1.807) is 0 Å². The number of hydrogen-bond acceptors (Lipinski definition) is 4. The van der Waals surface area contributed by atoms with E-state index in [2.05, 4.69) is 11.8 Å². The fourth-order valence-corrected chi connectivity index (χ4v) is 4.82. The molecular formula is C18H33NO3. The number of ether oxygens (including phenoxy) is 1. The number of rotatable bonds is 4. The second-order valence-electron chi connectivity index (χ2n) is 8.11. The van der Waals surface area contributed by atoms with Crippen LogP contribution in [0.1, 0.15) is 58.8 Å². The molecule has 0 aromatic carbocycles. The summed E-state index contributed by atoms with van der Waals surface area (Å²) in [7, 11) is 0. The monoisotopic (exact) mass is 311 g/mol. The molecule has 0 aromatic heterocycles. The van der Waals surface area contributed by atoms with Crippen molar-refractivity contribution in [1.29, 1.82) is 0 Å². The third kappa shape index (κ3) is 3.08. The van der Waals surface area contributed by atoms with Gasteiger partial charge in [-0.3, -0.25) is 0 Å². The van der Waals surface area contributed by atoms with Gasteiger partial charge in [0.2, 0.25) is 0 Å². The zero-order valence-corrected chi connectivity index (χ0v) is 14.3. The Bertz CT molecular complexity index is 369. The van der Waals surface area contributed by atoms with Crippen LogP contribution in [-0.4, -0.2) is 59.2 Å². The van der Waals surface area contributed by atoms with Crippen LogP contribution < -0.4 is 0 Å². The Morgan fingerprint density at radius 3 is 2.32 bits per heavy atom. The number of likely N-dealkylation sites (tertiary alicyclic amines) is 1. The van der Waals surface area contributed by atoms with Gasteiger partial charge >= 0.3 is 0 Å². The molecule has 1 heterocycles. The molecule has 0 unspecified atom stereocenters. The summed E-state index contributed by atoms with van der Waals surface area (Å²) < 4.78 is 5.83. The molecule has 0 radical (unpaired) electrons. The topological polar surface area (TPSA) is 52.9 Å². The van der Waals surface area contributed by atoms with Gasteiger partial charge in [0.15, 0.2) is 0 Å². The van der Waals surface area contributed by atoms with Crippen molar-refractivity contribution in [3.63, 3.8) is 0 Å². The van der Waals surface area contributed by atoms with Crippen LogP contribution >= 0.6 is 0 Å². The Balaban J connectivity index is 1.51. The Labute approximate surface area is 134 Å². The van der Waals surface area contributed by atoms with Crippen LogP contribution in [0, 0.1) is 11.3 Å². The molecule has 4 nitrogen and oxygen atoms in total. The molecule has 1 aliphatic heterocycles. The van der Waals surface area contributed by atoms with Crippen molar-refractivity contribution in [2.75, 3.05) is 26.2 Å². The van der Waals surface area contributed by atoms with Crippen molar-refractivity contribution in [2.24, 2.45) is 11.3 Å². The van der Waals surface area contributed by atoms with Crippen LogP contribution in [0.3, 0.4) is 0 Å². The molecular weight excluding hydrogens is 278 g/mol. The second-order valence-corrected chi connectivity index (χ2v) is 8.11. The number of piperidine rings is 1. The molecule has 0 aromatic rings. The first kappa shape index (κ1) is 16.7. The lowest BCUT2D eigenvalue weighted by molar-refractivity contribution is -0.211. The molecule has 1 spiro atoms. The Hall–Kier alpha value is -0.160. The summed E-state index contributed by atoms with van der Waals surface area (Å²) in [5.74, 6) is 0.766. The van der Waals surface area contributed by atoms with Gasteiger partial charge in [-0.05, 0) is 64.5 Å². The predicted molar refractivity (Wildman–Crippen MR) is 86.7 cm³/mol. The maximum absolute atomic E-state index is 10.8. The maximum Gasteiger partial charge on any atom is 0.0774 e. The summed E-state index contributed by atoms with van der Waals surface area (Å²) >= 11 is 0. The van der Waals surface area contributed by atoms with E-state index in [9.17, 15) is 10.2 Å². The van der Waals surface area contributed by atoms with Gasteiger partial charge in [0.05, 0.1) is 17.8 Å². The summed E-state index contributed by atoms with van der Waals surface area (Å²) in [6.45, 7) is 7.84. The van der Waals surface area contributed by atoms with E-state index in [4.69, 9.17) is 4.74 Å². The van der Waals surface area contributed by atoms with Gasteiger partial charge in [0.1, 0.15) is 0 Å². The molecule has 22 heavy (non-hydrogen) atoms. The Kier molecular flexibility index (Phi) is 4.84. The number of hydrogen-bond donors (Lipinski definition) is 2.